The summed E-state index contributed by atoms with van der Waals surface area (Å²) in [6, 6.07) is 14.9. The van der Waals surface area contributed by atoms with E-state index in [1.54, 1.807) is 6.21 Å². The van der Waals surface area contributed by atoms with Crippen LogP contribution in [0.15, 0.2) is 58.0 Å². The summed E-state index contributed by atoms with van der Waals surface area (Å²) in [4.78, 5) is 11.8. The van der Waals surface area contributed by atoms with Crippen molar-refractivity contribution in [2.45, 2.75) is 10.9 Å². The van der Waals surface area contributed by atoms with E-state index in [1.165, 1.54) is 23.1 Å². The van der Waals surface area contributed by atoms with E-state index in [1.807, 2.05) is 48.5 Å². The van der Waals surface area contributed by atoms with Crippen LogP contribution >= 0.6 is 34.7 Å². The van der Waals surface area contributed by atoms with Crippen molar-refractivity contribution in [1.82, 2.24) is 15.6 Å². The number of hydrogen-bond donors (Lipinski definition) is 2. The number of nitrogen functional groups attached to an aromatic ring is 1. The van der Waals surface area contributed by atoms with E-state index in [0.717, 1.165) is 11.1 Å². The van der Waals surface area contributed by atoms with Crippen molar-refractivity contribution < 1.29 is 9.53 Å². The Balaban J connectivity index is 1.48. The second-order valence-corrected chi connectivity index (χ2v) is 8.08. The van der Waals surface area contributed by atoms with Crippen LogP contribution < -0.4 is 15.9 Å². The summed E-state index contributed by atoms with van der Waals surface area (Å²) in [5.41, 5.74) is 9.66. The van der Waals surface area contributed by atoms with Gasteiger partial charge < -0.3 is 10.5 Å². The zero-order valence-electron chi connectivity index (χ0n) is 14.5. The molecular weight excluding hydrogens is 418 g/mol. The number of rotatable bonds is 8. The molecular formula is C18H16ClN5O2S2. The molecule has 0 radical (unpaired) electrons. The van der Waals surface area contributed by atoms with Crippen molar-refractivity contribution in [3.63, 3.8) is 0 Å². The molecule has 0 unspecified atom stereocenters. The lowest BCUT2D eigenvalue weighted by molar-refractivity contribution is -0.118. The van der Waals surface area contributed by atoms with Crippen LogP contribution in [0.3, 0.4) is 0 Å². The molecule has 0 aliphatic carbocycles. The largest absolute Gasteiger partial charge is 0.489 e. The molecule has 2 aromatic carbocycles. The van der Waals surface area contributed by atoms with Crippen LogP contribution in [0.25, 0.3) is 0 Å². The highest BCUT2D eigenvalue weighted by molar-refractivity contribution is 8.01. The molecule has 1 aromatic heterocycles. The van der Waals surface area contributed by atoms with Crippen molar-refractivity contribution in [2.24, 2.45) is 5.10 Å². The van der Waals surface area contributed by atoms with Gasteiger partial charge in [0.25, 0.3) is 5.91 Å². The number of aromatic nitrogens is 2. The third-order valence-electron chi connectivity index (χ3n) is 3.36. The number of thioether (sulfide) groups is 1. The van der Waals surface area contributed by atoms with Crippen LogP contribution in [0.5, 0.6) is 5.75 Å². The molecule has 1 heterocycles. The first-order valence-electron chi connectivity index (χ1n) is 8.10. The molecule has 1 amide bonds. The summed E-state index contributed by atoms with van der Waals surface area (Å²) in [7, 11) is 0. The molecule has 3 N–H and O–H groups in total. The van der Waals surface area contributed by atoms with Gasteiger partial charge in [-0.15, -0.1) is 10.2 Å². The summed E-state index contributed by atoms with van der Waals surface area (Å²) in [5, 5.41) is 12.5. The predicted molar refractivity (Wildman–Crippen MR) is 113 cm³/mol. The van der Waals surface area contributed by atoms with Gasteiger partial charge in [-0.2, -0.15) is 5.10 Å². The molecule has 28 heavy (non-hydrogen) atoms. The van der Waals surface area contributed by atoms with Crippen LogP contribution in [-0.4, -0.2) is 28.1 Å². The van der Waals surface area contributed by atoms with Gasteiger partial charge in [-0.05, 0) is 23.8 Å². The Morgan fingerprint density at radius 2 is 2.14 bits per heavy atom. The first-order chi connectivity index (χ1) is 13.6. The Morgan fingerprint density at radius 1 is 1.29 bits per heavy atom. The molecule has 3 aromatic rings. The second kappa shape index (κ2) is 10.1. The summed E-state index contributed by atoms with van der Waals surface area (Å²) >= 11 is 8.62. The lowest BCUT2D eigenvalue weighted by Gasteiger charge is -2.08. The van der Waals surface area contributed by atoms with Gasteiger partial charge in [-0.25, -0.2) is 5.43 Å². The smallest absolute Gasteiger partial charge is 0.250 e. The van der Waals surface area contributed by atoms with Gasteiger partial charge in [0.15, 0.2) is 4.34 Å². The molecule has 0 saturated carbocycles. The monoisotopic (exact) mass is 433 g/mol. The minimum absolute atomic E-state index is 0.174. The maximum Gasteiger partial charge on any atom is 0.250 e. The molecule has 0 spiro atoms. The molecule has 0 atom stereocenters. The normalized spacial score (nSPS) is 10.9. The number of nitrogens with two attached hydrogens (primary N) is 1. The molecule has 0 aliphatic rings. The number of anilines is 1. The average Bonchev–Trinajstić information content (AvgIpc) is 3.11. The van der Waals surface area contributed by atoms with E-state index in [4.69, 9.17) is 22.1 Å². The van der Waals surface area contributed by atoms with Gasteiger partial charge in [0.2, 0.25) is 5.13 Å². The lowest BCUT2D eigenvalue weighted by atomic mass is 10.2. The molecule has 0 fully saturated rings. The van der Waals surface area contributed by atoms with Gasteiger partial charge in [0.1, 0.15) is 12.4 Å². The van der Waals surface area contributed by atoms with Crippen molar-refractivity contribution in [3.05, 3.63) is 64.7 Å². The number of ether oxygens (including phenoxy) is 1. The molecule has 144 valence electrons. The van der Waals surface area contributed by atoms with Crippen molar-refractivity contribution in [1.29, 1.82) is 0 Å². The number of nitrogens with one attached hydrogen (secondary N) is 1. The van der Waals surface area contributed by atoms with Crippen LogP contribution in [0.1, 0.15) is 11.1 Å². The molecule has 10 heteroatoms. The second-order valence-electron chi connectivity index (χ2n) is 5.44. The Labute approximate surface area is 175 Å². The number of nitrogens with zero attached hydrogens (tertiary/aromatic N) is 3. The number of benzene rings is 2. The van der Waals surface area contributed by atoms with Gasteiger partial charge in [-0.3, -0.25) is 4.79 Å². The highest BCUT2D eigenvalue weighted by atomic mass is 35.5. The van der Waals surface area contributed by atoms with Crippen LogP contribution in [0, 0.1) is 0 Å². The van der Waals surface area contributed by atoms with E-state index >= 15 is 0 Å². The Morgan fingerprint density at radius 3 is 2.93 bits per heavy atom. The van der Waals surface area contributed by atoms with Gasteiger partial charge in [0.05, 0.1) is 12.0 Å². The van der Waals surface area contributed by atoms with Crippen molar-refractivity contribution >= 4 is 52.0 Å². The van der Waals surface area contributed by atoms with Gasteiger partial charge in [0, 0.05) is 10.6 Å². The minimum Gasteiger partial charge on any atom is -0.489 e. The topological polar surface area (TPSA) is 102 Å². The Hall–Kier alpha value is -2.62. The Kier molecular flexibility index (Phi) is 7.24. The summed E-state index contributed by atoms with van der Waals surface area (Å²) < 4.78 is 6.41. The van der Waals surface area contributed by atoms with E-state index in [2.05, 4.69) is 20.7 Å². The highest BCUT2D eigenvalue weighted by Gasteiger charge is 2.06. The van der Waals surface area contributed by atoms with E-state index < -0.39 is 0 Å². The third-order valence-corrected chi connectivity index (χ3v) is 5.62. The predicted octanol–water partition coefficient (Wildman–Crippen LogP) is 3.60. The number of carbonyl (C=O) groups excluding carboxylic acids is 1. The quantitative estimate of drug-likeness (QED) is 0.319. The average molecular weight is 434 g/mol. The summed E-state index contributed by atoms with van der Waals surface area (Å²) in [6.07, 6.45) is 1.55. The zero-order valence-corrected chi connectivity index (χ0v) is 16.9. The molecule has 7 nitrogen and oxygen atoms in total. The van der Waals surface area contributed by atoms with E-state index in [9.17, 15) is 4.79 Å². The van der Waals surface area contributed by atoms with Crippen LogP contribution in [0.4, 0.5) is 5.13 Å². The lowest BCUT2D eigenvalue weighted by Crippen LogP contribution is -2.19. The number of carbonyl (C=O) groups is 1. The van der Waals surface area contributed by atoms with Crippen molar-refractivity contribution in [2.75, 3.05) is 11.5 Å². The SMILES string of the molecule is Nc1nnc(SCC(=O)NN=Cc2cccc(OCc3ccccc3Cl)c2)s1. The third kappa shape index (κ3) is 6.22. The standard InChI is InChI=1S/C18H16ClN5O2S2/c19-15-7-2-1-5-13(15)10-26-14-6-3-4-12(8-14)9-21-22-16(25)11-27-18-24-23-17(20)28-18/h1-9H,10-11H2,(H2,20,23)(H,22,25). The molecule has 0 aliphatic heterocycles. The maximum atomic E-state index is 11.8. The minimum atomic E-state index is -0.249. The van der Waals surface area contributed by atoms with Crippen LogP contribution in [0.2, 0.25) is 5.02 Å². The fraction of sp³-hybridized carbons (Fsp3) is 0.111. The van der Waals surface area contributed by atoms with E-state index in [-0.39, 0.29) is 11.7 Å². The van der Waals surface area contributed by atoms with Gasteiger partial charge >= 0.3 is 0 Å². The van der Waals surface area contributed by atoms with Crippen molar-refractivity contribution in [3.8, 4) is 5.75 Å². The summed E-state index contributed by atoms with van der Waals surface area (Å²) in [6.45, 7) is 0.365. The Bertz CT molecular complexity index is 980. The maximum absolute atomic E-state index is 11.8. The number of amides is 1. The highest BCUT2D eigenvalue weighted by Crippen LogP contribution is 2.23. The fourth-order valence-electron chi connectivity index (χ4n) is 2.08. The first-order valence-corrected chi connectivity index (χ1v) is 10.3. The number of hydrazone groups is 1. The summed E-state index contributed by atoms with van der Waals surface area (Å²) in [5.74, 6) is 0.605. The molecule has 0 saturated heterocycles. The number of halogens is 1. The number of hydrogen-bond acceptors (Lipinski definition) is 8. The zero-order chi connectivity index (χ0) is 19.8. The molecule has 0 bridgehead atoms. The van der Waals surface area contributed by atoms with E-state index in [0.29, 0.717) is 26.9 Å². The first kappa shape index (κ1) is 20.1. The van der Waals surface area contributed by atoms with Crippen LogP contribution in [-0.2, 0) is 11.4 Å². The molecule has 3 rings (SSSR count). The fourth-order valence-corrected chi connectivity index (χ4v) is 3.70. The van der Waals surface area contributed by atoms with Gasteiger partial charge in [-0.1, -0.05) is 65.0 Å².